The Labute approximate surface area is 297 Å². The molecule has 0 aliphatic carbocycles. The Morgan fingerprint density at radius 3 is 2.00 bits per heavy atom. The van der Waals surface area contributed by atoms with Crippen molar-refractivity contribution in [2.75, 3.05) is 20.3 Å². The molecular weight excluding hydrogens is 663 g/mol. The summed E-state index contributed by atoms with van der Waals surface area (Å²) in [5, 5.41) is 12.7. The van der Waals surface area contributed by atoms with E-state index in [9.17, 15) is 23.6 Å². The summed E-state index contributed by atoms with van der Waals surface area (Å²) in [6.07, 6.45) is -1.21. The number of amides is 3. The van der Waals surface area contributed by atoms with E-state index in [1.807, 2.05) is 20.8 Å². The predicted molar refractivity (Wildman–Crippen MR) is 189 cm³/mol. The van der Waals surface area contributed by atoms with Crippen LogP contribution >= 0.6 is 0 Å². The molecule has 3 N–H and O–H groups in total. The molecule has 3 amide bonds. The van der Waals surface area contributed by atoms with Crippen LogP contribution in [0, 0.1) is 11.2 Å². The molecule has 1 aromatic heterocycles. The average Bonchev–Trinajstić information content (AvgIpc) is 3.35. The average molecular weight is 713 g/mol. The fraction of sp³-hybridized carbons (Fsp3) is 0.500. The van der Waals surface area contributed by atoms with Crippen molar-refractivity contribution >= 4 is 40.9 Å². The number of esters is 1. The van der Waals surface area contributed by atoms with Gasteiger partial charge in [-0.2, -0.15) is 5.10 Å². The number of benzene rings is 2. The maximum Gasteiger partial charge on any atom is 0.414 e. The largest absolute Gasteiger partial charge is 0.493 e. The van der Waals surface area contributed by atoms with Gasteiger partial charge in [-0.1, -0.05) is 32.9 Å². The van der Waals surface area contributed by atoms with E-state index in [4.69, 9.17) is 18.9 Å². The molecule has 0 fully saturated rings. The quantitative estimate of drug-likeness (QED) is 0.0782. The number of hydrogen-bond acceptors (Lipinski definition) is 10. The SMILES string of the molecule is COC(=O)[C@@H](NC(=O)c1nn(Cc2ccc(F)cc2)c2cc(OCCCN=C(NC(=O)OC(C)(C)C)NC(=O)OC(C)(C)C)ccc12)C(C)(C)C. The number of guanidine groups is 1. The number of nitrogens with zero attached hydrogens (tertiary/aromatic N) is 3. The van der Waals surface area contributed by atoms with E-state index in [1.165, 1.54) is 19.2 Å². The highest BCUT2D eigenvalue weighted by atomic mass is 19.1. The molecule has 0 unspecified atom stereocenters. The number of carbonyl (C=O) groups excluding carboxylic acids is 4. The molecule has 1 atom stereocenters. The van der Waals surface area contributed by atoms with Crippen LogP contribution in [0.25, 0.3) is 10.9 Å². The zero-order valence-electron chi connectivity index (χ0n) is 30.9. The van der Waals surface area contributed by atoms with Gasteiger partial charge in [0.25, 0.3) is 5.91 Å². The normalized spacial score (nSPS) is 12.4. The summed E-state index contributed by atoms with van der Waals surface area (Å²) >= 11 is 0. The monoisotopic (exact) mass is 712 g/mol. The molecule has 0 saturated carbocycles. The van der Waals surface area contributed by atoms with Crippen molar-refractivity contribution in [3.8, 4) is 5.75 Å². The third kappa shape index (κ3) is 12.9. The van der Waals surface area contributed by atoms with E-state index in [1.54, 1.807) is 76.6 Å². The predicted octanol–water partition coefficient (Wildman–Crippen LogP) is 5.72. The Kier molecular flexibility index (Phi) is 13.1. The molecule has 14 nitrogen and oxygen atoms in total. The molecule has 2 aromatic carbocycles. The van der Waals surface area contributed by atoms with Crippen LogP contribution in [0.5, 0.6) is 5.75 Å². The molecular formula is C36H49FN6O8. The molecule has 0 bridgehead atoms. The van der Waals surface area contributed by atoms with Gasteiger partial charge in [0.15, 0.2) is 5.69 Å². The Balaban J connectivity index is 1.81. The van der Waals surface area contributed by atoms with Crippen LogP contribution in [-0.2, 0) is 25.5 Å². The number of ether oxygens (including phenoxy) is 4. The second-order valence-corrected chi connectivity index (χ2v) is 14.8. The van der Waals surface area contributed by atoms with Crippen molar-refractivity contribution in [3.63, 3.8) is 0 Å². The zero-order chi connectivity index (χ0) is 38.1. The van der Waals surface area contributed by atoms with Crippen LogP contribution in [0.15, 0.2) is 47.5 Å². The minimum absolute atomic E-state index is 0.0913. The van der Waals surface area contributed by atoms with Gasteiger partial charge in [-0.05, 0) is 76.8 Å². The summed E-state index contributed by atoms with van der Waals surface area (Å²) in [7, 11) is 1.26. The van der Waals surface area contributed by atoms with Crippen molar-refractivity contribution in [1.82, 2.24) is 25.7 Å². The molecule has 0 aliphatic heterocycles. The number of methoxy groups -OCH3 is 1. The highest BCUT2D eigenvalue weighted by Gasteiger charge is 2.35. The molecule has 0 aliphatic rings. The number of nitrogens with one attached hydrogen (secondary N) is 3. The van der Waals surface area contributed by atoms with Gasteiger partial charge in [0.1, 0.15) is 28.8 Å². The number of aromatic nitrogens is 2. The zero-order valence-corrected chi connectivity index (χ0v) is 30.9. The topological polar surface area (TPSA) is 171 Å². The van der Waals surface area contributed by atoms with Gasteiger partial charge in [-0.25, -0.2) is 18.8 Å². The van der Waals surface area contributed by atoms with Gasteiger partial charge in [0.2, 0.25) is 5.96 Å². The van der Waals surface area contributed by atoms with Crippen LogP contribution in [0.3, 0.4) is 0 Å². The summed E-state index contributed by atoms with van der Waals surface area (Å²) in [5.41, 5.74) is -0.780. The summed E-state index contributed by atoms with van der Waals surface area (Å²) in [6, 6.07) is 10.1. The Bertz CT molecular complexity index is 1700. The van der Waals surface area contributed by atoms with Gasteiger partial charge in [-0.3, -0.25) is 25.1 Å². The number of aliphatic imine (C=N–C) groups is 1. The second kappa shape index (κ2) is 16.7. The number of halogens is 1. The first-order chi connectivity index (χ1) is 23.6. The molecule has 3 aromatic rings. The maximum atomic E-state index is 13.6. The van der Waals surface area contributed by atoms with E-state index in [0.29, 0.717) is 23.1 Å². The fourth-order valence-electron chi connectivity index (χ4n) is 4.60. The number of fused-ring (bicyclic) bond motifs is 1. The van der Waals surface area contributed by atoms with Crippen molar-refractivity contribution < 1.29 is 42.5 Å². The van der Waals surface area contributed by atoms with E-state index in [2.05, 4.69) is 26.0 Å². The van der Waals surface area contributed by atoms with Gasteiger partial charge in [0.05, 0.1) is 25.8 Å². The van der Waals surface area contributed by atoms with Crippen LogP contribution in [0.4, 0.5) is 14.0 Å². The molecule has 0 saturated heterocycles. The molecule has 0 radical (unpaired) electrons. The van der Waals surface area contributed by atoms with E-state index in [-0.39, 0.29) is 37.2 Å². The van der Waals surface area contributed by atoms with E-state index >= 15 is 0 Å². The lowest BCUT2D eigenvalue weighted by Crippen LogP contribution is -2.49. The highest BCUT2D eigenvalue weighted by molar-refractivity contribution is 6.06. The van der Waals surface area contributed by atoms with Crippen molar-refractivity contribution in [2.24, 2.45) is 10.4 Å². The summed E-state index contributed by atoms with van der Waals surface area (Å²) in [4.78, 5) is 55.1. The van der Waals surface area contributed by atoms with Crippen molar-refractivity contribution in [2.45, 2.75) is 92.5 Å². The summed E-state index contributed by atoms with van der Waals surface area (Å²) in [5.74, 6) is -1.20. The first-order valence-corrected chi connectivity index (χ1v) is 16.5. The lowest BCUT2D eigenvalue weighted by atomic mass is 9.86. The van der Waals surface area contributed by atoms with Crippen LogP contribution < -0.4 is 20.7 Å². The minimum atomic E-state index is -0.934. The Hall–Kier alpha value is -5.21. The Morgan fingerprint density at radius 2 is 1.47 bits per heavy atom. The minimum Gasteiger partial charge on any atom is -0.493 e. The summed E-state index contributed by atoms with van der Waals surface area (Å²) < 4.78 is 36.7. The number of hydrogen-bond donors (Lipinski definition) is 3. The van der Waals surface area contributed by atoms with Crippen molar-refractivity contribution in [1.29, 1.82) is 0 Å². The van der Waals surface area contributed by atoms with Crippen LogP contribution in [-0.4, -0.2) is 77.3 Å². The maximum absolute atomic E-state index is 13.6. The van der Waals surface area contributed by atoms with Crippen molar-refractivity contribution in [3.05, 3.63) is 59.5 Å². The molecule has 1 heterocycles. The van der Waals surface area contributed by atoms with Gasteiger partial charge >= 0.3 is 18.2 Å². The van der Waals surface area contributed by atoms with E-state index in [0.717, 1.165) is 5.56 Å². The lowest BCUT2D eigenvalue weighted by Gasteiger charge is -2.28. The van der Waals surface area contributed by atoms with Gasteiger partial charge in [0, 0.05) is 24.4 Å². The smallest absolute Gasteiger partial charge is 0.414 e. The van der Waals surface area contributed by atoms with Gasteiger partial charge < -0.3 is 24.3 Å². The standard InChI is InChI=1S/C36H49FN6O8/c1-34(2,3)28(30(45)48-10)39-29(44)27-25-17-16-24(20-26(25)43(42-27)21-22-12-14-23(37)15-13-22)49-19-11-18-38-31(40-32(46)50-35(4,5)6)41-33(47)51-36(7,8)9/h12-17,20,28H,11,18-19,21H2,1-10H3,(H,39,44)(H2,38,40,41,46,47)/t28-/m1/s1. The first kappa shape index (κ1) is 40.2. The second-order valence-electron chi connectivity index (χ2n) is 14.8. The fourth-order valence-corrected chi connectivity index (χ4v) is 4.60. The van der Waals surface area contributed by atoms with Crippen LogP contribution in [0.1, 0.15) is 84.8 Å². The number of rotatable bonds is 10. The molecule has 15 heteroatoms. The molecule has 3 rings (SSSR count). The number of alkyl carbamates (subject to hydrolysis) is 2. The van der Waals surface area contributed by atoms with Gasteiger partial charge in [-0.15, -0.1) is 0 Å². The molecule has 0 spiro atoms. The summed E-state index contributed by atoms with van der Waals surface area (Å²) in [6.45, 7) is 16.3. The highest BCUT2D eigenvalue weighted by Crippen LogP contribution is 2.27. The van der Waals surface area contributed by atoms with E-state index < -0.39 is 46.7 Å². The van der Waals surface area contributed by atoms with Crippen LogP contribution in [0.2, 0.25) is 0 Å². The molecule has 51 heavy (non-hydrogen) atoms. The molecule has 278 valence electrons. The Morgan fingerprint density at radius 1 is 0.882 bits per heavy atom. The first-order valence-electron chi connectivity index (χ1n) is 16.5. The lowest BCUT2D eigenvalue weighted by molar-refractivity contribution is -0.145. The number of carbonyl (C=O) groups is 4. The third-order valence-corrected chi connectivity index (χ3v) is 6.84. The third-order valence-electron chi connectivity index (χ3n) is 6.84.